The lowest BCUT2D eigenvalue weighted by Crippen LogP contribution is -2.17. The molecule has 0 atom stereocenters. The fourth-order valence-corrected chi connectivity index (χ4v) is 2.61. The molecular formula is C11H12N4O4S. The summed E-state index contributed by atoms with van der Waals surface area (Å²) in [6.45, 7) is 1.77. The summed E-state index contributed by atoms with van der Waals surface area (Å²) in [6.07, 6.45) is 3.99. The van der Waals surface area contributed by atoms with Crippen molar-refractivity contribution in [3.05, 3.63) is 36.3 Å². The maximum atomic E-state index is 12.2. The van der Waals surface area contributed by atoms with Crippen molar-refractivity contribution in [2.24, 2.45) is 0 Å². The summed E-state index contributed by atoms with van der Waals surface area (Å²) < 4.78 is 31.4. The molecule has 0 saturated carbocycles. The average molecular weight is 296 g/mol. The van der Waals surface area contributed by atoms with Gasteiger partial charge >= 0.3 is 5.97 Å². The van der Waals surface area contributed by atoms with Crippen molar-refractivity contribution in [1.29, 1.82) is 0 Å². The zero-order chi connectivity index (χ0) is 14.6. The van der Waals surface area contributed by atoms with E-state index in [1.807, 2.05) is 0 Å². The number of carbonyl (C=O) groups is 1. The van der Waals surface area contributed by atoms with Crippen molar-refractivity contribution in [3.8, 4) is 0 Å². The first-order valence-electron chi connectivity index (χ1n) is 5.68. The first-order valence-corrected chi connectivity index (χ1v) is 7.16. The van der Waals surface area contributed by atoms with Gasteiger partial charge in [-0.25, -0.2) is 4.79 Å². The van der Waals surface area contributed by atoms with E-state index in [1.54, 1.807) is 6.92 Å². The second-order valence-corrected chi connectivity index (χ2v) is 5.29. The minimum atomic E-state index is -3.96. The van der Waals surface area contributed by atoms with Crippen molar-refractivity contribution >= 4 is 21.7 Å². The van der Waals surface area contributed by atoms with Gasteiger partial charge in [0, 0.05) is 12.4 Å². The summed E-state index contributed by atoms with van der Waals surface area (Å²) in [5.74, 6) is -0.753. The van der Waals surface area contributed by atoms with E-state index in [9.17, 15) is 13.2 Å². The van der Waals surface area contributed by atoms with Crippen molar-refractivity contribution in [2.75, 3.05) is 11.3 Å². The lowest BCUT2D eigenvalue weighted by atomic mass is 10.4. The van der Waals surface area contributed by atoms with Crippen LogP contribution in [0, 0.1) is 0 Å². The quantitative estimate of drug-likeness (QED) is 0.788. The van der Waals surface area contributed by atoms with Crippen LogP contribution >= 0.6 is 0 Å². The van der Waals surface area contributed by atoms with Crippen molar-refractivity contribution < 1.29 is 17.9 Å². The zero-order valence-corrected chi connectivity index (χ0v) is 11.3. The fourth-order valence-electron chi connectivity index (χ4n) is 1.46. The molecule has 0 saturated heterocycles. The lowest BCUT2D eigenvalue weighted by Gasteiger charge is -2.07. The van der Waals surface area contributed by atoms with E-state index >= 15 is 0 Å². The molecular weight excluding hydrogens is 284 g/mol. The Morgan fingerprint density at radius 2 is 2.10 bits per heavy atom. The number of H-pyrrole nitrogens is 1. The SMILES string of the molecule is CCOC(=O)c1cn[nH]c1S(=O)(=O)Nc1ccncc1. The molecule has 0 aliphatic carbocycles. The third kappa shape index (κ3) is 2.94. The molecule has 2 N–H and O–H groups in total. The summed E-state index contributed by atoms with van der Waals surface area (Å²) in [6, 6.07) is 2.97. The number of hydrogen-bond acceptors (Lipinski definition) is 6. The van der Waals surface area contributed by atoms with E-state index in [-0.39, 0.29) is 17.2 Å². The van der Waals surface area contributed by atoms with Crippen molar-refractivity contribution in [3.63, 3.8) is 0 Å². The maximum Gasteiger partial charge on any atom is 0.342 e. The highest BCUT2D eigenvalue weighted by molar-refractivity contribution is 7.92. The molecule has 0 aromatic carbocycles. The van der Waals surface area contributed by atoms with Crippen LogP contribution in [0.3, 0.4) is 0 Å². The van der Waals surface area contributed by atoms with Crippen molar-refractivity contribution in [2.45, 2.75) is 11.9 Å². The minimum absolute atomic E-state index is 0.140. The van der Waals surface area contributed by atoms with E-state index in [0.29, 0.717) is 5.69 Å². The van der Waals surface area contributed by atoms with Gasteiger partial charge in [0.2, 0.25) is 0 Å². The van der Waals surface area contributed by atoms with Gasteiger partial charge in [-0.3, -0.25) is 14.8 Å². The van der Waals surface area contributed by atoms with Crippen LogP contribution in [0.4, 0.5) is 5.69 Å². The van der Waals surface area contributed by atoms with Crippen LogP contribution in [0.2, 0.25) is 0 Å². The number of aromatic amines is 1. The van der Waals surface area contributed by atoms with Gasteiger partial charge in [-0.05, 0) is 19.1 Å². The van der Waals surface area contributed by atoms with Gasteiger partial charge in [-0.15, -0.1) is 0 Å². The molecule has 8 nitrogen and oxygen atoms in total. The average Bonchev–Trinajstić information content (AvgIpc) is 2.90. The Kier molecular flexibility index (Phi) is 3.99. The predicted molar refractivity (Wildman–Crippen MR) is 69.6 cm³/mol. The number of esters is 1. The number of nitrogens with zero attached hydrogens (tertiary/aromatic N) is 2. The van der Waals surface area contributed by atoms with Gasteiger partial charge in [-0.1, -0.05) is 0 Å². The molecule has 2 rings (SSSR count). The summed E-state index contributed by atoms with van der Waals surface area (Å²) in [5.41, 5.74) is 0.179. The highest BCUT2D eigenvalue weighted by Gasteiger charge is 2.25. The number of sulfonamides is 1. The molecule has 0 unspecified atom stereocenters. The highest BCUT2D eigenvalue weighted by Crippen LogP contribution is 2.17. The van der Waals surface area contributed by atoms with E-state index in [2.05, 4.69) is 19.9 Å². The van der Waals surface area contributed by atoms with Gasteiger partial charge in [0.15, 0.2) is 5.03 Å². The largest absolute Gasteiger partial charge is 0.462 e. The molecule has 0 amide bonds. The molecule has 0 spiro atoms. The first-order chi connectivity index (χ1) is 9.54. The number of rotatable bonds is 5. The van der Waals surface area contributed by atoms with Crippen LogP contribution < -0.4 is 4.72 Å². The smallest absolute Gasteiger partial charge is 0.342 e. The van der Waals surface area contributed by atoms with Crippen LogP contribution in [0.1, 0.15) is 17.3 Å². The van der Waals surface area contributed by atoms with Crippen LogP contribution in [-0.2, 0) is 14.8 Å². The van der Waals surface area contributed by atoms with Crippen LogP contribution in [-0.4, -0.2) is 36.2 Å². The minimum Gasteiger partial charge on any atom is -0.462 e. The lowest BCUT2D eigenvalue weighted by molar-refractivity contribution is 0.0522. The zero-order valence-electron chi connectivity index (χ0n) is 10.5. The normalized spacial score (nSPS) is 11.1. The Hall–Kier alpha value is -2.42. The van der Waals surface area contributed by atoms with E-state index in [0.717, 1.165) is 6.20 Å². The molecule has 0 aliphatic rings. The molecule has 20 heavy (non-hydrogen) atoms. The summed E-state index contributed by atoms with van der Waals surface area (Å²) in [4.78, 5) is 15.4. The molecule has 2 aromatic heterocycles. The Morgan fingerprint density at radius 1 is 1.40 bits per heavy atom. The molecule has 106 valence electrons. The third-order valence-electron chi connectivity index (χ3n) is 2.30. The van der Waals surface area contributed by atoms with E-state index in [1.165, 1.54) is 24.5 Å². The van der Waals surface area contributed by atoms with Gasteiger partial charge in [0.25, 0.3) is 10.0 Å². The number of hydrogen-bond donors (Lipinski definition) is 2. The summed E-state index contributed by atoms with van der Waals surface area (Å²) in [5, 5.41) is 5.52. The number of pyridine rings is 1. The molecule has 0 radical (unpaired) electrons. The second kappa shape index (κ2) is 5.70. The number of nitrogens with one attached hydrogen (secondary N) is 2. The Labute approximate surface area is 115 Å². The first kappa shape index (κ1) is 14.0. The molecule has 0 fully saturated rings. The molecule has 0 bridgehead atoms. The number of carbonyl (C=O) groups excluding carboxylic acids is 1. The van der Waals surface area contributed by atoms with Gasteiger partial charge in [0.1, 0.15) is 5.56 Å². The number of anilines is 1. The summed E-state index contributed by atoms with van der Waals surface area (Å²) in [7, 11) is -3.96. The van der Waals surface area contributed by atoms with Crippen LogP contribution in [0.15, 0.2) is 35.7 Å². The Balaban J connectivity index is 2.31. The number of aromatic nitrogens is 3. The predicted octanol–water partition coefficient (Wildman–Crippen LogP) is 0.782. The number of ether oxygens (including phenoxy) is 1. The standard InChI is InChI=1S/C11H12N4O4S/c1-2-19-11(16)9-7-13-14-10(9)20(17,18)15-8-3-5-12-6-4-8/h3-7H,2H2,1H3,(H,12,15)(H,13,14). The maximum absolute atomic E-state index is 12.2. The summed E-state index contributed by atoms with van der Waals surface area (Å²) >= 11 is 0. The highest BCUT2D eigenvalue weighted by atomic mass is 32.2. The fraction of sp³-hybridized carbons (Fsp3) is 0.182. The van der Waals surface area contributed by atoms with E-state index < -0.39 is 16.0 Å². The van der Waals surface area contributed by atoms with Gasteiger partial charge in [-0.2, -0.15) is 13.5 Å². The Bertz CT molecular complexity index is 696. The van der Waals surface area contributed by atoms with Gasteiger partial charge < -0.3 is 4.74 Å². The second-order valence-electron chi connectivity index (χ2n) is 3.67. The molecule has 2 heterocycles. The van der Waals surface area contributed by atoms with Gasteiger partial charge in [0.05, 0.1) is 18.5 Å². The molecule has 9 heteroatoms. The Morgan fingerprint density at radius 3 is 2.75 bits per heavy atom. The van der Waals surface area contributed by atoms with E-state index in [4.69, 9.17) is 4.74 Å². The third-order valence-corrected chi connectivity index (χ3v) is 3.65. The topological polar surface area (TPSA) is 114 Å². The molecule has 2 aromatic rings. The monoisotopic (exact) mass is 296 g/mol. The van der Waals surface area contributed by atoms with Crippen LogP contribution in [0.5, 0.6) is 0 Å². The van der Waals surface area contributed by atoms with Crippen LogP contribution in [0.25, 0.3) is 0 Å². The van der Waals surface area contributed by atoms with Crippen molar-refractivity contribution in [1.82, 2.24) is 15.2 Å². The molecule has 0 aliphatic heterocycles.